The SMILES string of the molecule is Oc1ccc(CC2N=N2)cc1. The van der Waals surface area contributed by atoms with Crippen LogP contribution in [0.1, 0.15) is 5.56 Å². The molecular weight excluding hydrogens is 140 g/mol. The van der Waals surface area contributed by atoms with E-state index in [0.717, 1.165) is 12.0 Å². The summed E-state index contributed by atoms with van der Waals surface area (Å²) in [6.07, 6.45) is 1.04. The Labute approximate surface area is 64.4 Å². The molecule has 0 spiro atoms. The minimum atomic E-state index is 0.180. The van der Waals surface area contributed by atoms with E-state index >= 15 is 0 Å². The molecule has 3 nitrogen and oxygen atoms in total. The molecule has 0 aromatic heterocycles. The summed E-state index contributed by atoms with van der Waals surface area (Å²) < 4.78 is 0. The molecule has 3 heteroatoms. The van der Waals surface area contributed by atoms with E-state index in [1.54, 1.807) is 12.1 Å². The van der Waals surface area contributed by atoms with Gasteiger partial charge in [0.25, 0.3) is 0 Å². The Morgan fingerprint density at radius 1 is 1.18 bits per heavy atom. The quantitative estimate of drug-likeness (QED) is 0.682. The molecule has 1 N–H and O–H groups in total. The van der Waals surface area contributed by atoms with E-state index < -0.39 is 0 Å². The lowest BCUT2D eigenvalue weighted by atomic mass is 10.1. The molecule has 0 fully saturated rings. The monoisotopic (exact) mass is 148 g/mol. The summed E-state index contributed by atoms with van der Waals surface area (Å²) in [7, 11) is 0. The van der Waals surface area contributed by atoms with Gasteiger partial charge in [0.15, 0.2) is 6.17 Å². The van der Waals surface area contributed by atoms with Crippen LogP contribution in [0.3, 0.4) is 0 Å². The van der Waals surface area contributed by atoms with Crippen LogP contribution in [0.4, 0.5) is 0 Å². The lowest BCUT2D eigenvalue weighted by Crippen LogP contribution is -1.91. The van der Waals surface area contributed by atoms with Gasteiger partial charge in [-0.2, -0.15) is 10.2 Å². The highest BCUT2D eigenvalue weighted by molar-refractivity contribution is 5.26. The van der Waals surface area contributed by atoms with Crippen molar-refractivity contribution in [2.45, 2.75) is 12.6 Å². The van der Waals surface area contributed by atoms with Crippen molar-refractivity contribution in [1.29, 1.82) is 0 Å². The molecule has 1 aromatic carbocycles. The number of phenols is 1. The van der Waals surface area contributed by atoms with E-state index in [2.05, 4.69) is 10.2 Å². The summed E-state index contributed by atoms with van der Waals surface area (Å²) in [4.78, 5) is 0. The molecule has 0 saturated carbocycles. The molecule has 56 valence electrons. The number of hydrogen-bond acceptors (Lipinski definition) is 3. The molecule has 1 aliphatic heterocycles. The molecule has 0 atom stereocenters. The fourth-order valence-electron chi connectivity index (χ4n) is 0.972. The summed E-state index contributed by atoms with van der Waals surface area (Å²) in [6, 6.07) is 7.13. The second-order valence-corrected chi connectivity index (χ2v) is 2.58. The first-order chi connectivity index (χ1) is 5.34. The largest absolute Gasteiger partial charge is 0.508 e. The first kappa shape index (κ1) is 6.34. The van der Waals surface area contributed by atoms with Crippen molar-refractivity contribution in [3.05, 3.63) is 29.8 Å². The van der Waals surface area contributed by atoms with Crippen molar-refractivity contribution in [3.63, 3.8) is 0 Å². The van der Waals surface area contributed by atoms with Crippen LogP contribution < -0.4 is 0 Å². The molecule has 1 heterocycles. The van der Waals surface area contributed by atoms with E-state index in [4.69, 9.17) is 5.11 Å². The van der Waals surface area contributed by atoms with Crippen LogP contribution in [0.5, 0.6) is 5.75 Å². The van der Waals surface area contributed by atoms with E-state index in [-0.39, 0.29) is 6.17 Å². The highest BCUT2D eigenvalue weighted by Gasteiger charge is 2.15. The average molecular weight is 148 g/mol. The van der Waals surface area contributed by atoms with Gasteiger partial charge in [-0.1, -0.05) is 12.1 Å². The second kappa shape index (κ2) is 2.34. The van der Waals surface area contributed by atoms with E-state index in [0.29, 0.717) is 5.75 Å². The van der Waals surface area contributed by atoms with Crippen molar-refractivity contribution in [2.75, 3.05) is 0 Å². The van der Waals surface area contributed by atoms with Gasteiger partial charge in [-0.3, -0.25) is 0 Å². The molecule has 0 amide bonds. The van der Waals surface area contributed by atoms with Crippen LogP contribution in [0, 0.1) is 0 Å². The van der Waals surface area contributed by atoms with Gasteiger partial charge in [0.05, 0.1) is 0 Å². The zero-order chi connectivity index (χ0) is 7.68. The molecule has 0 saturated heterocycles. The number of rotatable bonds is 2. The van der Waals surface area contributed by atoms with Crippen LogP contribution in [0.2, 0.25) is 0 Å². The summed E-state index contributed by atoms with van der Waals surface area (Å²) in [5.74, 6) is 0.304. The van der Waals surface area contributed by atoms with Gasteiger partial charge in [0.1, 0.15) is 5.75 Å². The van der Waals surface area contributed by atoms with Crippen molar-refractivity contribution in [2.24, 2.45) is 10.2 Å². The maximum atomic E-state index is 8.96. The van der Waals surface area contributed by atoms with Crippen molar-refractivity contribution >= 4 is 0 Å². The second-order valence-electron chi connectivity index (χ2n) is 2.58. The van der Waals surface area contributed by atoms with Gasteiger partial charge >= 0.3 is 0 Å². The van der Waals surface area contributed by atoms with Crippen molar-refractivity contribution in [3.8, 4) is 5.75 Å². The highest BCUT2D eigenvalue weighted by atomic mass is 16.3. The first-order valence-corrected chi connectivity index (χ1v) is 3.52. The zero-order valence-electron chi connectivity index (χ0n) is 5.94. The highest BCUT2D eigenvalue weighted by Crippen LogP contribution is 2.18. The normalized spacial score (nSPS) is 15.3. The predicted molar refractivity (Wildman–Crippen MR) is 40.5 cm³/mol. The third-order valence-electron chi connectivity index (χ3n) is 1.63. The number of phenolic OH excluding ortho intramolecular Hbond substituents is 1. The smallest absolute Gasteiger partial charge is 0.185 e. The molecule has 2 rings (SSSR count). The number of benzene rings is 1. The predicted octanol–water partition coefficient (Wildman–Crippen LogP) is 1.73. The molecule has 11 heavy (non-hydrogen) atoms. The first-order valence-electron chi connectivity index (χ1n) is 3.52. The summed E-state index contributed by atoms with van der Waals surface area (Å²) >= 11 is 0. The van der Waals surface area contributed by atoms with Gasteiger partial charge in [-0.25, -0.2) is 0 Å². The Kier molecular flexibility index (Phi) is 1.35. The fourth-order valence-corrected chi connectivity index (χ4v) is 0.972. The van der Waals surface area contributed by atoms with Crippen molar-refractivity contribution < 1.29 is 5.11 Å². The van der Waals surface area contributed by atoms with Gasteiger partial charge in [0, 0.05) is 6.42 Å². The summed E-state index contributed by atoms with van der Waals surface area (Å²) in [6.45, 7) is 0. The Morgan fingerprint density at radius 3 is 2.36 bits per heavy atom. The molecule has 0 radical (unpaired) electrons. The number of aromatic hydroxyl groups is 1. The Bertz CT molecular complexity index is 273. The van der Waals surface area contributed by atoms with E-state index in [1.165, 1.54) is 0 Å². The van der Waals surface area contributed by atoms with Crippen LogP contribution in [-0.4, -0.2) is 11.3 Å². The molecule has 0 aliphatic carbocycles. The average Bonchev–Trinajstić information content (AvgIpc) is 2.78. The fraction of sp³-hybridized carbons (Fsp3) is 0.250. The standard InChI is InChI=1S/C8H8N2O/c11-7-3-1-6(2-4-7)5-8-9-10-8/h1-4,8,11H,5H2. The van der Waals surface area contributed by atoms with Crippen LogP contribution in [-0.2, 0) is 6.42 Å². The Morgan fingerprint density at radius 2 is 1.82 bits per heavy atom. The van der Waals surface area contributed by atoms with E-state index in [9.17, 15) is 0 Å². The third kappa shape index (κ3) is 1.55. The molecule has 1 aliphatic rings. The summed E-state index contributed by atoms with van der Waals surface area (Å²) in [5, 5.41) is 16.5. The number of hydrogen-bond donors (Lipinski definition) is 1. The Balaban J connectivity index is 2.06. The summed E-state index contributed by atoms with van der Waals surface area (Å²) in [5.41, 5.74) is 1.16. The number of nitrogens with zero attached hydrogens (tertiary/aromatic N) is 2. The van der Waals surface area contributed by atoms with E-state index in [1.807, 2.05) is 12.1 Å². The molecular formula is C8H8N2O. The minimum Gasteiger partial charge on any atom is -0.508 e. The van der Waals surface area contributed by atoms with Crippen LogP contribution >= 0.6 is 0 Å². The maximum Gasteiger partial charge on any atom is 0.185 e. The maximum absolute atomic E-state index is 8.96. The zero-order valence-corrected chi connectivity index (χ0v) is 5.94. The molecule has 1 aromatic rings. The molecule has 0 unspecified atom stereocenters. The van der Waals surface area contributed by atoms with Crippen molar-refractivity contribution in [1.82, 2.24) is 0 Å². The lowest BCUT2D eigenvalue weighted by molar-refractivity contribution is 0.475. The van der Waals surface area contributed by atoms with Gasteiger partial charge in [-0.05, 0) is 17.7 Å². The minimum absolute atomic E-state index is 0.180. The molecule has 0 bridgehead atoms. The Hall–Kier alpha value is -1.38. The lowest BCUT2D eigenvalue weighted by Gasteiger charge is -1.95. The van der Waals surface area contributed by atoms with Crippen LogP contribution in [0.25, 0.3) is 0 Å². The van der Waals surface area contributed by atoms with Crippen LogP contribution in [0.15, 0.2) is 34.5 Å². The topological polar surface area (TPSA) is 45.0 Å². The van der Waals surface area contributed by atoms with Gasteiger partial charge < -0.3 is 5.11 Å². The van der Waals surface area contributed by atoms with Gasteiger partial charge in [0.2, 0.25) is 0 Å². The third-order valence-corrected chi connectivity index (χ3v) is 1.63. The van der Waals surface area contributed by atoms with Gasteiger partial charge in [-0.15, -0.1) is 0 Å².